The first-order valence-corrected chi connectivity index (χ1v) is 8.53. The second-order valence-electron chi connectivity index (χ2n) is 4.97. The van der Waals surface area contributed by atoms with E-state index < -0.39 is 10.0 Å². The largest absolute Gasteiger partial charge is 0.377 e. The zero-order valence-electron chi connectivity index (χ0n) is 11.2. The molecule has 0 aromatic rings. The molecule has 1 aliphatic rings. The van der Waals surface area contributed by atoms with Gasteiger partial charge in [-0.05, 0) is 32.1 Å². The van der Waals surface area contributed by atoms with Gasteiger partial charge >= 0.3 is 0 Å². The Hall–Kier alpha value is -0.170. The predicted molar refractivity (Wildman–Crippen MR) is 72.9 cm³/mol. The highest BCUT2D eigenvalue weighted by Crippen LogP contribution is 2.19. The number of ether oxygens (including phenoxy) is 1. The summed E-state index contributed by atoms with van der Waals surface area (Å²) in [5.41, 5.74) is 5.81. The summed E-state index contributed by atoms with van der Waals surface area (Å²) in [6, 6.07) is 0.317. The minimum atomic E-state index is -3.11. The van der Waals surface area contributed by atoms with E-state index in [9.17, 15) is 8.42 Å². The molecule has 0 unspecified atom stereocenters. The van der Waals surface area contributed by atoms with Gasteiger partial charge < -0.3 is 10.5 Å². The fourth-order valence-corrected chi connectivity index (χ4v) is 3.29. The zero-order chi connectivity index (χ0) is 13.4. The van der Waals surface area contributed by atoms with Crippen molar-refractivity contribution in [3.63, 3.8) is 0 Å². The van der Waals surface area contributed by atoms with E-state index in [0.29, 0.717) is 25.6 Å². The lowest BCUT2D eigenvalue weighted by Gasteiger charge is -2.26. The molecule has 0 aromatic heterocycles. The van der Waals surface area contributed by atoms with E-state index in [1.807, 2.05) is 6.92 Å². The monoisotopic (exact) mass is 278 g/mol. The first-order chi connectivity index (χ1) is 8.53. The third-order valence-electron chi connectivity index (χ3n) is 3.26. The molecule has 5 nitrogen and oxygen atoms in total. The van der Waals surface area contributed by atoms with E-state index in [-0.39, 0.29) is 11.9 Å². The van der Waals surface area contributed by atoms with Crippen molar-refractivity contribution >= 4 is 10.0 Å². The fraction of sp³-hybridized carbons (Fsp3) is 1.00. The number of unbranched alkanes of at least 4 members (excludes halogenated alkanes) is 1. The Kier molecular flexibility index (Phi) is 7.14. The van der Waals surface area contributed by atoms with Gasteiger partial charge in [-0.15, -0.1) is 0 Å². The minimum absolute atomic E-state index is 0.210. The van der Waals surface area contributed by atoms with Gasteiger partial charge in [0.2, 0.25) is 10.0 Å². The highest BCUT2D eigenvalue weighted by Gasteiger charge is 2.18. The van der Waals surface area contributed by atoms with Crippen molar-refractivity contribution in [1.29, 1.82) is 0 Å². The third-order valence-corrected chi connectivity index (χ3v) is 4.73. The Morgan fingerprint density at radius 2 is 1.94 bits per heavy atom. The van der Waals surface area contributed by atoms with E-state index in [4.69, 9.17) is 10.5 Å². The molecule has 0 spiro atoms. The normalized spacial score (nSPS) is 25.2. The van der Waals surface area contributed by atoms with Gasteiger partial charge in [-0.1, -0.05) is 13.3 Å². The molecule has 1 aliphatic carbocycles. The number of hydrogen-bond donors (Lipinski definition) is 2. The van der Waals surface area contributed by atoms with E-state index in [1.54, 1.807) is 0 Å². The van der Waals surface area contributed by atoms with Gasteiger partial charge in [0.05, 0.1) is 18.5 Å². The van der Waals surface area contributed by atoms with Crippen LogP contribution in [0.1, 0.15) is 45.4 Å². The van der Waals surface area contributed by atoms with Crippen LogP contribution in [0.3, 0.4) is 0 Å². The van der Waals surface area contributed by atoms with E-state index in [1.165, 1.54) is 0 Å². The van der Waals surface area contributed by atoms with Gasteiger partial charge in [-0.2, -0.15) is 0 Å². The van der Waals surface area contributed by atoms with Crippen LogP contribution in [0.2, 0.25) is 0 Å². The standard InChI is InChI=1S/C12H26N2O3S/c1-2-3-10-18(15,16)14-8-9-17-12-6-4-11(13)5-7-12/h11-12,14H,2-10,13H2,1H3. The predicted octanol–water partition coefficient (Wildman–Crippen LogP) is 0.992. The van der Waals surface area contributed by atoms with Crippen LogP contribution in [-0.2, 0) is 14.8 Å². The second-order valence-corrected chi connectivity index (χ2v) is 6.90. The van der Waals surface area contributed by atoms with Crippen LogP contribution in [0.15, 0.2) is 0 Å². The van der Waals surface area contributed by atoms with Crippen LogP contribution >= 0.6 is 0 Å². The lowest BCUT2D eigenvalue weighted by Crippen LogP contribution is -2.33. The number of sulfonamides is 1. The number of hydrogen-bond acceptors (Lipinski definition) is 4. The Morgan fingerprint density at radius 1 is 1.28 bits per heavy atom. The molecule has 0 bridgehead atoms. The average molecular weight is 278 g/mol. The van der Waals surface area contributed by atoms with Crippen molar-refractivity contribution in [2.24, 2.45) is 5.73 Å². The maximum Gasteiger partial charge on any atom is 0.211 e. The van der Waals surface area contributed by atoms with E-state index in [0.717, 1.165) is 32.1 Å². The van der Waals surface area contributed by atoms with Crippen molar-refractivity contribution in [2.45, 2.75) is 57.6 Å². The van der Waals surface area contributed by atoms with Crippen LogP contribution in [0.4, 0.5) is 0 Å². The fourth-order valence-electron chi connectivity index (χ4n) is 2.08. The van der Waals surface area contributed by atoms with Gasteiger partial charge in [0.25, 0.3) is 0 Å². The summed E-state index contributed by atoms with van der Waals surface area (Å²) >= 11 is 0. The van der Waals surface area contributed by atoms with Crippen LogP contribution < -0.4 is 10.5 Å². The van der Waals surface area contributed by atoms with Crippen molar-refractivity contribution < 1.29 is 13.2 Å². The summed E-state index contributed by atoms with van der Waals surface area (Å²) in [7, 11) is -3.11. The lowest BCUT2D eigenvalue weighted by atomic mass is 9.94. The molecular formula is C12H26N2O3S. The molecule has 0 heterocycles. The topological polar surface area (TPSA) is 81.4 Å². The molecule has 0 atom stereocenters. The van der Waals surface area contributed by atoms with Crippen molar-refractivity contribution in [1.82, 2.24) is 4.72 Å². The summed E-state index contributed by atoms with van der Waals surface area (Å²) in [5.74, 6) is 0.210. The average Bonchev–Trinajstić information content (AvgIpc) is 2.34. The Labute approximate surface area is 111 Å². The summed E-state index contributed by atoms with van der Waals surface area (Å²) in [5, 5.41) is 0. The minimum Gasteiger partial charge on any atom is -0.377 e. The highest BCUT2D eigenvalue weighted by atomic mass is 32.2. The summed E-state index contributed by atoms with van der Waals surface area (Å²) in [4.78, 5) is 0. The zero-order valence-corrected chi connectivity index (χ0v) is 12.0. The van der Waals surface area contributed by atoms with Gasteiger partial charge in [0.15, 0.2) is 0 Å². The van der Waals surface area contributed by atoms with Crippen LogP contribution in [0, 0.1) is 0 Å². The van der Waals surface area contributed by atoms with E-state index in [2.05, 4.69) is 4.72 Å². The molecule has 1 rings (SSSR count). The third kappa shape index (κ3) is 6.68. The highest BCUT2D eigenvalue weighted by molar-refractivity contribution is 7.89. The molecule has 108 valence electrons. The lowest BCUT2D eigenvalue weighted by molar-refractivity contribution is 0.0287. The van der Waals surface area contributed by atoms with Gasteiger partial charge in [-0.25, -0.2) is 13.1 Å². The quantitative estimate of drug-likeness (QED) is 0.649. The van der Waals surface area contributed by atoms with E-state index >= 15 is 0 Å². The molecule has 3 N–H and O–H groups in total. The number of rotatable bonds is 8. The van der Waals surface area contributed by atoms with Crippen molar-refractivity contribution in [3.8, 4) is 0 Å². The van der Waals surface area contributed by atoms with Crippen LogP contribution in [0.5, 0.6) is 0 Å². The molecule has 0 radical (unpaired) electrons. The molecule has 1 fully saturated rings. The van der Waals surface area contributed by atoms with Gasteiger partial charge in [0.1, 0.15) is 0 Å². The van der Waals surface area contributed by atoms with Crippen molar-refractivity contribution in [2.75, 3.05) is 18.9 Å². The smallest absolute Gasteiger partial charge is 0.211 e. The Bertz CT molecular complexity index is 311. The first kappa shape index (κ1) is 15.9. The van der Waals surface area contributed by atoms with Crippen LogP contribution in [0.25, 0.3) is 0 Å². The molecular weight excluding hydrogens is 252 g/mol. The van der Waals surface area contributed by atoms with Gasteiger partial charge in [0, 0.05) is 12.6 Å². The molecule has 18 heavy (non-hydrogen) atoms. The molecule has 0 saturated heterocycles. The second kappa shape index (κ2) is 8.09. The summed E-state index contributed by atoms with van der Waals surface area (Å²) in [6.45, 7) is 2.80. The molecule has 6 heteroatoms. The molecule has 0 amide bonds. The Balaban J connectivity index is 2.07. The molecule has 0 aliphatic heterocycles. The maximum absolute atomic E-state index is 11.5. The SMILES string of the molecule is CCCCS(=O)(=O)NCCOC1CCC(N)CC1. The Morgan fingerprint density at radius 3 is 2.56 bits per heavy atom. The van der Waals surface area contributed by atoms with Crippen molar-refractivity contribution in [3.05, 3.63) is 0 Å². The molecule has 0 aromatic carbocycles. The number of nitrogens with one attached hydrogen (secondary N) is 1. The molecule has 1 saturated carbocycles. The first-order valence-electron chi connectivity index (χ1n) is 6.88. The maximum atomic E-state index is 11.5. The summed E-state index contributed by atoms with van der Waals surface area (Å²) < 4.78 is 31.2. The van der Waals surface area contributed by atoms with Gasteiger partial charge in [-0.3, -0.25) is 0 Å². The summed E-state index contributed by atoms with van der Waals surface area (Å²) in [6.07, 6.45) is 5.84. The van der Waals surface area contributed by atoms with Crippen LogP contribution in [-0.4, -0.2) is 39.5 Å². The number of nitrogens with two attached hydrogens (primary N) is 1.